The van der Waals surface area contributed by atoms with Crippen LogP contribution in [0.25, 0.3) is 0 Å². The second-order valence-electron chi connectivity index (χ2n) is 6.14. The standard InChI is InChI=1S/C17H25BrN2O2/c1-6-7-10-20(5)16(22)17(3,4)15(21)19-14-9-8-12(2)11-13(14)18/h8-9,11H,6-7,10H2,1-5H3,(H,19,21). The third kappa shape index (κ3) is 4.57. The summed E-state index contributed by atoms with van der Waals surface area (Å²) in [6.45, 7) is 8.04. The van der Waals surface area contributed by atoms with Gasteiger partial charge in [-0.15, -0.1) is 0 Å². The molecule has 0 fully saturated rings. The van der Waals surface area contributed by atoms with Gasteiger partial charge in [0, 0.05) is 18.1 Å². The lowest BCUT2D eigenvalue weighted by Gasteiger charge is -2.28. The summed E-state index contributed by atoms with van der Waals surface area (Å²) in [6.07, 6.45) is 1.95. The number of aryl methyl sites for hydroxylation is 1. The van der Waals surface area contributed by atoms with Crippen molar-refractivity contribution < 1.29 is 9.59 Å². The molecular weight excluding hydrogens is 344 g/mol. The Balaban J connectivity index is 2.83. The van der Waals surface area contributed by atoms with E-state index in [1.54, 1.807) is 25.8 Å². The lowest BCUT2D eigenvalue weighted by Crippen LogP contribution is -2.46. The van der Waals surface area contributed by atoms with Crippen LogP contribution in [0.3, 0.4) is 0 Å². The Morgan fingerprint density at radius 3 is 2.50 bits per heavy atom. The van der Waals surface area contributed by atoms with Crippen molar-refractivity contribution >= 4 is 33.4 Å². The second-order valence-corrected chi connectivity index (χ2v) is 7.00. The molecule has 0 spiro atoms. The minimum Gasteiger partial charge on any atom is -0.345 e. The minimum absolute atomic E-state index is 0.165. The molecule has 0 aromatic heterocycles. The summed E-state index contributed by atoms with van der Waals surface area (Å²) in [5.74, 6) is -0.466. The summed E-state index contributed by atoms with van der Waals surface area (Å²) in [4.78, 5) is 26.6. The number of halogens is 1. The first-order valence-electron chi connectivity index (χ1n) is 7.53. The molecule has 0 aliphatic carbocycles. The molecule has 122 valence electrons. The van der Waals surface area contributed by atoms with E-state index in [4.69, 9.17) is 0 Å². The Labute approximate surface area is 141 Å². The van der Waals surface area contributed by atoms with E-state index in [1.807, 2.05) is 25.1 Å². The highest BCUT2D eigenvalue weighted by molar-refractivity contribution is 9.10. The Bertz CT molecular complexity index is 556. The normalized spacial score (nSPS) is 11.2. The maximum absolute atomic E-state index is 12.5. The lowest BCUT2D eigenvalue weighted by atomic mass is 9.90. The van der Waals surface area contributed by atoms with Crippen LogP contribution in [-0.4, -0.2) is 30.3 Å². The topological polar surface area (TPSA) is 49.4 Å². The van der Waals surface area contributed by atoms with Gasteiger partial charge in [-0.05, 0) is 60.8 Å². The van der Waals surface area contributed by atoms with Gasteiger partial charge in [0.25, 0.3) is 0 Å². The van der Waals surface area contributed by atoms with E-state index in [9.17, 15) is 9.59 Å². The monoisotopic (exact) mass is 368 g/mol. The van der Waals surface area contributed by atoms with Gasteiger partial charge < -0.3 is 10.2 Å². The van der Waals surface area contributed by atoms with Crippen molar-refractivity contribution in [1.82, 2.24) is 4.90 Å². The van der Waals surface area contributed by atoms with Crippen molar-refractivity contribution in [2.24, 2.45) is 5.41 Å². The zero-order valence-corrected chi connectivity index (χ0v) is 15.6. The van der Waals surface area contributed by atoms with Crippen LogP contribution in [0.4, 0.5) is 5.69 Å². The van der Waals surface area contributed by atoms with Gasteiger partial charge in [-0.25, -0.2) is 0 Å². The quantitative estimate of drug-likeness (QED) is 0.771. The van der Waals surface area contributed by atoms with E-state index in [1.165, 1.54) is 0 Å². The summed E-state index contributed by atoms with van der Waals surface area (Å²) in [6, 6.07) is 5.68. The van der Waals surface area contributed by atoms with Crippen molar-refractivity contribution in [1.29, 1.82) is 0 Å². The molecule has 0 aliphatic heterocycles. The Hall–Kier alpha value is -1.36. The Morgan fingerprint density at radius 2 is 1.95 bits per heavy atom. The first-order chi connectivity index (χ1) is 10.2. The highest BCUT2D eigenvalue weighted by atomic mass is 79.9. The first-order valence-corrected chi connectivity index (χ1v) is 8.32. The average molecular weight is 369 g/mol. The third-order valence-corrected chi connectivity index (χ3v) is 4.32. The molecule has 4 nitrogen and oxygen atoms in total. The van der Waals surface area contributed by atoms with Gasteiger partial charge in [-0.3, -0.25) is 9.59 Å². The number of rotatable bonds is 6. The summed E-state index contributed by atoms with van der Waals surface area (Å²) in [7, 11) is 1.74. The highest BCUT2D eigenvalue weighted by Gasteiger charge is 2.38. The van der Waals surface area contributed by atoms with Crippen LogP contribution in [-0.2, 0) is 9.59 Å². The molecule has 22 heavy (non-hydrogen) atoms. The van der Waals surface area contributed by atoms with Gasteiger partial charge in [-0.2, -0.15) is 0 Å². The van der Waals surface area contributed by atoms with Gasteiger partial charge in [0.15, 0.2) is 0 Å². The van der Waals surface area contributed by atoms with Crippen molar-refractivity contribution in [3.63, 3.8) is 0 Å². The number of nitrogens with zero attached hydrogens (tertiary/aromatic N) is 1. The fourth-order valence-corrected chi connectivity index (χ4v) is 2.66. The fourth-order valence-electron chi connectivity index (χ4n) is 2.07. The van der Waals surface area contributed by atoms with Crippen LogP contribution in [0.5, 0.6) is 0 Å². The maximum Gasteiger partial charge on any atom is 0.239 e. The number of carbonyl (C=O) groups is 2. The number of carbonyl (C=O) groups excluding carboxylic acids is 2. The van der Waals surface area contributed by atoms with Crippen LogP contribution >= 0.6 is 15.9 Å². The van der Waals surface area contributed by atoms with Gasteiger partial charge in [0.1, 0.15) is 5.41 Å². The second kappa shape index (κ2) is 7.77. The maximum atomic E-state index is 12.5. The number of nitrogens with one attached hydrogen (secondary N) is 1. The molecule has 0 aliphatic rings. The number of hydrogen-bond donors (Lipinski definition) is 1. The molecule has 1 aromatic carbocycles. The van der Waals surface area contributed by atoms with Crippen LogP contribution < -0.4 is 5.32 Å². The Kier molecular flexibility index (Phi) is 6.60. The Morgan fingerprint density at radius 1 is 1.32 bits per heavy atom. The van der Waals surface area contributed by atoms with Crippen LogP contribution in [0.15, 0.2) is 22.7 Å². The predicted molar refractivity (Wildman–Crippen MR) is 93.8 cm³/mol. The number of hydrogen-bond acceptors (Lipinski definition) is 2. The third-order valence-electron chi connectivity index (χ3n) is 3.67. The van der Waals surface area contributed by atoms with Crippen LogP contribution in [0.1, 0.15) is 39.2 Å². The zero-order valence-electron chi connectivity index (χ0n) is 14.0. The summed E-state index contributed by atoms with van der Waals surface area (Å²) in [5, 5.41) is 2.84. The molecule has 1 N–H and O–H groups in total. The summed E-state index contributed by atoms with van der Waals surface area (Å²) in [5.41, 5.74) is 0.666. The van der Waals surface area contributed by atoms with E-state index in [-0.39, 0.29) is 11.8 Å². The fraction of sp³-hybridized carbons (Fsp3) is 0.529. The molecule has 0 heterocycles. The molecule has 0 saturated carbocycles. The molecular formula is C17H25BrN2O2. The smallest absolute Gasteiger partial charge is 0.239 e. The van der Waals surface area contributed by atoms with Crippen molar-refractivity contribution in [2.45, 2.75) is 40.5 Å². The minimum atomic E-state index is -1.10. The molecule has 0 atom stereocenters. The van der Waals surface area contributed by atoms with Gasteiger partial charge >= 0.3 is 0 Å². The van der Waals surface area contributed by atoms with Gasteiger partial charge in [-0.1, -0.05) is 19.4 Å². The van der Waals surface area contributed by atoms with E-state index >= 15 is 0 Å². The van der Waals surface area contributed by atoms with Gasteiger partial charge in [0.2, 0.25) is 11.8 Å². The molecule has 0 radical (unpaired) electrons. The highest BCUT2D eigenvalue weighted by Crippen LogP contribution is 2.27. The molecule has 0 unspecified atom stereocenters. The molecule has 5 heteroatoms. The van der Waals surface area contributed by atoms with Gasteiger partial charge in [0.05, 0.1) is 5.69 Å². The van der Waals surface area contributed by atoms with E-state index in [2.05, 4.69) is 28.2 Å². The average Bonchev–Trinajstić information content (AvgIpc) is 2.46. The summed E-state index contributed by atoms with van der Waals surface area (Å²) >= 11 is 3.43. The van der Waals surface area contributed by atoms with E-state index < -0.39 is 5.41 Å². The lowest BCUT2D eigenvalue weighted by molar-refractivity contribution is -0.145. The number of unbranched alkanes of at least 4 members (excludes halogenated alkanes) is 1. The first kappa shape index (κ1) is 18.7. The molecule has 0 bridgehead atoms. The number of amides is 2. The number of anilines is 1. The number of benzene rings is 1. The SMILES string of the molecule is CCCCN(C)C(=O)C(C)(C)C(=O)Nc1ccc(C)cc1Br. The zero-order chi connectivity index (χ0) is 16.9. The molecule has 2 amide bonds. The molecule has 0 saturated heterocycles. The van der Waals surface area contributed by atoms with E-state index in [0.29, 0.717) is 12.2 Å². The van der Waals surface area contributed by atoms with Crippen LogP contribution in [0.2, 0.25) is 0 Å². The summed E-state index contributed by atoms with van der Waals surface area (Å²) < 4.78 is 0.809. The largest absolute Gasteiger partial charge is 0.345 e. The predicted octanol–water partition coefficient (Wildman–Crippen LogP) is 3.98. The van der Waals surface area contributed by atoms with Crippen molar-refractivity contribution in [2.75, 3.05) is 18.9 Å². The van der Waals surface area contributed by atoms with Crippen molar-refractivity contribution in [3.8, 4) is 0 Å². The molecule has 1 rings (SSSR count). The molecule has 1 aromatic rings. The van der Waals surface area contributed by atoms with Crippen LogP contribution in [0, 0.1) is 12.3 Å². The van der Waals surface area contributed by atoms with Crippen molar-refractivity contribution in [3.05, 3.63) is 28.2 Å². The van der Waals surface area contributed by atoms with E-state index in [0.717, 1.165) is 22.9 Å².